The van der Waals surface area contributed by atoms with Crippen molar-refractivity contribution >= 4 is 12.8 Å². The van der Waals surface area contributed by atoms with Gasteiger partial charge in [-0.25, -0.2) is 4.31 Å². The third-order valence-electron chi connectivity index (χ3n) is 1.36. The first-order valence-electron chi connectivity index (χ1n) is 2.91. The molecule has 1 fully saturated rings. The molecule has 0 saturated carbocycles. The minimum Gasteiger partial charge on any atom is -0.293 e. The van der Waals surface area contributed by atoms with Crippen LogP contribution in [0.1, 0.15) is 6.42 Å². The van der Waals surface area contributed by atoms with Crippen molar-refractivity contribution in [1.82, 2.24) is 9.21 Å². The van der Waals surface area contributed by atoms with Crippen LogP contribution < -0.4 is 0 Å². The van der Waals surface area contributed by atoms with Crippen molar-refractivity contribution < 1.29 is 0 Å². The molecule has 0 spiro atoms. The van der Waals surface area contributed by atoms with E-state index in [9.17, 15) is 0 Å². The third kappa shape index (κ3) is 1.65. The van der Waals surface area contributed by atoms with E-state index in [2.05, 4.69) is 24.8 Å². The van der Waals surface area contributed by atoms with Gasteiger partial charge in [-0.2, -0.15) is 0 Å². The number of hydrogen-bond donors (Lipinski definition) is 1. The zero-order valence-corrected chi connectivity index (χ0v) is 6.06. The molecule has 0 aliphatic carbocycles. The number of thiol groups is 1. The van der Waals surface area contributed by atoms with Crippen molar-refractivity contribution in [3.63, 3.8) is 0 Å². The zero-order valence-electron chi connectivity index (χ0n) is 5.17. The molecular weight excluding hydrogens is 120 g/mol. The fraction of sp³-hybridized carbons (Fsp3) is 1.00. The first kappa shape index (κ1) is 6.39. The van der Waals surface area contributed by atoms with E-state index in [1.807, 2.05) is 4.31 Å². The summed E-state index contributed by atoms with van der Waals surface area (Å²) in [5.74, 6) is 0. The Balaban J connectivity index is 2.23. The second-order valence-corrected chi connectivity index (χ2v) is 2.87. The van der Waals surface area contributed by atoms with Gasteiger partial charge >= 0.3 is 0 Å². The van der Waals surface area contributed by atoms with Crippen LogP contribution in [0, 0.1) is 0 Å². The summed E-state index contributed by atoms with van der Waals surface area (Å²) in [7, 11) is 2.11. The topological polar surface area (TPSA) is 6.48 Å². The molecule has 0 bridgehead atoms. The Bertz CT molecular complexity index is 68.8. The molecule has 1 heterocycles. The van der Waals surface area contributed by atoms with E-state index in [-0.39, 0.29) is 0 Å². The number of rotatable bonds is 0. The lowest BCUT2D eigenvalue weighted by Crippen LogP contribution is -2.37. The molecule has 2 nitrogen and oxygen atoms in total. The van der Waals surface area contributed by atoms with Crippen LogP contribution in [-0.4, -0.2) is 36.0 Å². The maximum absolute atomic E-state index is 4.21. The molecule has 0 atom stereocenters. The minimum atomic E-state index is 1.00. The molecule has 8 heavy (non-hydrogen) atoms. The molecule has 1 aliphatic rings. The molecule has 0 N–H and O–H groups in total. The fourth-order valence-electron chi connectivity index (χ4n) is 0.943. The first-order chi connectivity index (χ1) is 3.79. The van der Waals surface area contributed by atoms with Crippen molar-refractivity contribution in [2.75, 3.05) is 26.8 Å². The van der Waals surface area contributed by atoms with Gasteiger partial charge < -0.3 is 0 Å². The van der Waals surface area contributed by atoms with Crippen molar-refractivity contribution in [2.24, 2.45) is 0 Å². The highest BCUT2D eigenvalue weighted by molar-refractivity contribution is 7.77. The highest BCUT2D eigenvalue weighted by atomic mass is 32.1. The average molecular weight is 132 g/mol. The van der Waals surface area contributed by atoms with Gasteiger partial charge in [0.05, 0.1) is 6.67 Å². The molecule has 0 aromatic carbocycles. The Morgan fingerprint density at radius 3 is 2.50 bits per heavy atom. The highest BCUT2D eigenvalue weighted by Gasteiger charge is 2.09. The molecule has 1 aliphatic heterocycles. The lowest BCUT2D eigenvalue weighted by molar-refractivity contribution is 0.192. The van der Waals surface area contributed by atoms with Crippen LogP contribution in [0.15, 0.2) is 0 Å². The standard InChI is InChI=1S/C5H12N2S/c1-6-3-2-4-7(8)5-6/h8H,2-5H2,1H3. The molecule has 48 valence electrons. The minimum absolute atomic E-state index is 1.00. The lowest BCUT2D eigenvalue weighted by atomic mass is 10.3. The van der Waals surface area contributed by atoms with Gasteiger partial charge in [-0.3, -0.25) is 4.90 Å². The van der Waals surface area contributed by atoms with Gasteiger partial charge in [0.2, 0.25) is 0 Å². The SMILES string of the molecule is CN1CCCN(S)C1. The summed E-state index contributed by atoms with van der Waals surface area (Å²) in [6.07, 6.45) is 1.25. The van der Waals surface area contributed by atoms with Crippen LogP contribution in [0.4, 0.5) is 0 Å². The molecule has 0 aromatic rings. The van der Waals surface area contributed by atoms with E-state index >= 15 is 0 Å². The lowest BCUT2D eigenvalue weighted by Gasteiger charge is -2.28. The van der Waals surface area contributed by atoms with Gasteiger partial charge in [0, 0.05) is 13.1 Å². The number of nitrogens with zero attached hydrogens (tertiary/aromatic N) is 2. The van der Waals surface area contributed by atoms with Crippen molar-refractivity contribution in [3.05, 3.63) is 0 Å². The molecule has 0 radical (unpaired) electrons. The summed E-state index contributed by atoms with van der Waals surface area (Å²) in [5, 5.41) is 0. The maximum atomic E-state index is 4.21. The van der Waals surface area contributed by atoms with Gasteiger partial charge in [0.1, 0.15) is 0 Å². The molecular formula is C5H12N2S. The largest absolute Gasteiger partial charge is 0.293 e. The Kier molecular flexibility index (Phi) is 2.16. The van der Waals surface area contributed by atoms with Crippen molar-refractivity contribution in [3.8, 4) is 0 Å². The zero-order chi connectivity index (χ0) is 5.98. The smallest absolute Gasteiger partial charge is 0.0601 e. The summed E-state index contributed by atoms with van der Waals surface area (Å²) in [4.78, 5) is 2.26. The number of hydrogen-bond acceptors (Lipinski definition) is 3. The molecule has 0 aromatic heterocycles. The van der Waals surface area contributed by atoms with E-state index in [0.29, 0.717) is 0 Å². The average Bonchev–Trinajstić information content (AvgIpc) is 1.64. The first-order valence-corrected chi connectivity index (χ1v) is 3.31. The monoisotopic (exact) mass is 132 g/mol. The van der Waals surface area contributed by atoms with E-state index in [1.165, 1.54) is 13.0 Å². The summed E-state index contributed by atoms with van der Waals surface area (Å²) >= 11 is 4.21. The van der Waals surface area contributed by atoms with E-state index in [1.54, 1.807) is 0 Å². The molecule has 1 saturated heterocycles. The Morgan fingerprint density at radius 1 is 1.38 bits per heavy atom. The molecule has 0 amide bonds. The van der Waals surface area contributed by atoms with Crippen molar-refractivity contribution in [1.29, 1.82) is 0 Å². The fourth-order valence-corrected chi connectivity index (χ4v) is 1.30. The van der Waals surface area contributed by atoms with Gasteiger partial charge in [-0.1, -0.05) is 12.8 Å². The normalized spacial score (nSPS) is 26.2. The second kappa shape index (κ2) is 2.71. The van der Waals surface area contributed by atoms with Gasteiger partial charge in [-0.15, -0.1) is 0 Å². The quantitative estimate of drug-likeness (QED) is 0.477. The van der Waals surface area contributed by atoms with E-state index < -0.39 is 0 Å². The van der Waals surface area contributed by atoms with Crippen LogP contribution in [0.3, 0.4) is 0 Å². The van der Waals surface area contributed by atoms with E-state index in [4.69, 9.17) is 0 Å². The molecule has 0 unspecified atom stereocenters. The summed E-state index contributed by atoms with van der Waals surface area (Å²) < 4.78 is 2.03. The third-order valence-corrected chi connectivity index (χ3v) is 1.69. The van der Waals surface area contributed by atoms with Crippen LogP contribution in [0.2, 0.25) is 0 Å². The van der Waals surface area contributed by atoms with E-state index in [0.717, 1.165) is 13.2 Å². The van der Waals surface area contributed by atoms with Crippen molar-refractivity contribution in [2.45, 2.75) is 6.42 Å². The van der Waals surface area contributed by atoms with Gasteiger partial charge in [0.25, 0.3) is 0 Å². The predicted octanol–water partition coefficient (Wildman–Crippen LogP) is 0.426. The Hall–Kier alpha value is 0.270. The van der Waals surface area contributed by atoms with Crippen LogP contribution >= 0.6 is 12.8 Å². The predicted molar refractivity (Wildman–Crippen MR) is 37.8 cm³/mol. The Morgan fingerprint density at radius 2 is 2.12 bits per heavy atom. The molecule has 1 rings (SSSR count). The van der Waals surface area contributed by atoms with Gasteiger partial charge in [0.15, 0.2) is 0 Å². The summed E-state index contributed by atoms with van der Waals surface area (Å²) in [6, 6.07) is 0. The highest BCUT2D eigenvalue weighted by Crippen LogP contribution is 2.03. The second-order valence-electron chi connectivity index (χ2n) is 2.30. The van der Waals surface area contributed by atoms with Gasteiger partial charge in [-0.05, 0) is 13.5 Å². The summed E-state index contributed by atoms with van der Waals surface area (Å²) in [6.45, 7) is 3.35. The van der Waals surface area contributed by atoms with Crippen LogP contribution in [-0.2, 0) is 0 Å². The molecule has 3 heteroatoms. The van der Waals surface area contributed by atoms with Crippen LogP contribution in [0.5, 0.6) is 0 Å². The van der Waals surface area contributed by atoms with Crippen LogP contribution in [0.25, 0.3) is 0 Å². The summed E-state index contributed by atoms with van der Waals surface area (Å²) in [5.41, 5.74) is 0. The Labute approximate surface area is 56.0 Å². The maximum Gasteiger partial charge on any atom is 0.0601 e.